The monoisotopic (exact) mass is 467 g/mol. The Labute approximate surface area is 204 Å². The molecule has 1 fully saturated rings. The maximum Gasteiger partial charge on any atom is 0.226 e. The van der Waals surface area contributed by atoms with Crippen molar-refractivity contribution in [3.05, 3.63) is 101 Å². The van der Waals surface area contributed by atoms with Gasteiger partial charge < -0.3 is 10.2 Å². The van der Waals surface area contributed by atoms with Crippen LogP contribution in [-0.4, -0.2) is 46.8 Å². The zero-order chi connectivity index (χ0) is 24.0. The summed E-state index contributed by atoms with van der Waals surface area (Å²) in [6.07, 6.45) is 1.57. The molecule has 0 bridgehead atoms. The van der Waals surface area contributed by atoms with Gasteiger partial charge in [-0.2, -0.15) is 5.10 Å². The minimum absolute atomic E-state index is 0.0862. The molecule has 35 heavy (non-hydrogen) atoms. The van der Waals surface area contributed by atoms with Gasteiger partial charge in [-0.1, -0.05) is 42.5 Å². The predicted octanol–water partition coefficient (Wildman–Crippen LogP) is 3.75. The van der Waals surface area contributed by atoms with E-state index in [1.165, 1.54) is 17.4 Å². The number of amides is 1. The highest BCUT2D eigenvalue weighted by atomic mass is 16.1. The number of benzene rings is 3. The summed E-state index contributed by atoms with van der Waals surface area (Å²) in [5, 5.41) is 7.77. The van der Waals surface area contributed by atoms with Crippen LogP contribution in [0.2, 0.25) is 0 Å². The largest absolute Gasteiger partial charge is 0.369 e. The molecule has 0 atom stereocenters. The lowest BCUT2D eigenvalue weighted by molar-refractivity contribution is -0.116. The molecule has 0 radical (unpaired) electrons. The Morgan fingerprint density at radius 2 is 1.57 bits per heavy atom. The number of hydrogen-bond acceptors (Lipinski definition) is 5. The first-order chi connectivity index (χ1) is 17.2. The maximum absolute atomic E-state index is 12.5. The number of carbonyl (C=O) groups is 1. The average molecular weight is 468 g/mol. The normalized spacial score (nSPS) is 14.2. The second-order valence-electron chi connectivity index (χ2n) is 8.84. The summed E-state index contributed by atoms with van der Waals surface area (Å²) in [6, 6.07) is 26.0. The smallest absolute Gasteiger partial charge is 0.226 e. The Morgan fingerprint density at radius 1 is 0.857 bits per heavy atom. The molecule has 0 aliphatic carbocycles. The molecular formula is C28H29N5O2. The Balaban J connectivity index is 1.12. The zero-order valence-electron chi connectivity index (χ0n) is 19.6. The Bertz CT molecular complexity index is 1340. The van der Waals surface area contributed by atoms with Crippen molar-refractivity contribution in [1.82, 2.24) is 14.7 Å². The van der Waals surface area contributed by atoms with Crippen molar-refractivity contribution in [2.75, 3.05) is 36.4 Å². The fourth-order valence-electron chi connectivity index (χ4n) is 4.53. The summed E-state index contributed by atoms with van der Waals surface area (Å²) in [7, 11) is 0. The van der Waals surface area contributed by atoms with Crippen LogP contribution in [0.15, 0.2) is 89.9 Å². The van der Waals surface area contributed by atoms with Crippen molar-refractivity contribution in [1.29, 1.82) is 0 Å². The van der Waals surface area contributed by atoms with Gasteiger partial charge >= 0.3 is 0 Å². The van der Waals surface area contributed by atoms with Crippen LogP contribution in [0.3, 0.4) is 0 Å². The molecule has 1 saturated heterocycles. The molecule has 0 unspecified atom stereocenters. The van der Waals surface area contributed by atoms with Gasteiger partial charge in [-0.25, -0.2) is 0 Å². The van der Waals surface area contributed by atoms with Crippen molar-refractivity contribution in [2.45, 2.75) is 19.5 Å². The first kappa shape index (κ1) is 22.8. The molecular weight excluding hydrogens is 438 g/mol. The molecule has 3 aromatic carbocycles. The third-order valence-electron chi connectivity index (χ3n) is 6.45. The summed E-state index contributed by atoms with van der Waals surface area (Å²) in [4.78, 5) is 29.4. The predicted molar refractivity (Wildman–Crippen MR) is 140 cm³/mol. The molecule has 178 valence electrons. The standard InChI is InChI=1S/C28H29N5O2/c34-27-20-29-33(26-9-5-4-8-25(26)27)15-14-28(35)30-23-10-12-24(13-11-23)32-18-16-31(17-19-32)21-22-6-2-1-3-7-22/h1-13,20H,14-19,21H2,(H,30,35). The molecule has 1 aliphatic rings. The molecule has 1 amide bonds. The van der Waals surface area contributed by atoms with Crippen molar-refractivity contribution >= 4 is 28.2 Å². The second kappa shape index (κ2) is 10.5. The molecule has 4 aromatic rings. The van der Waals surface area contributed by atoms with Crippen LogP contribution in [0.5, 0.6) is 0 Å². The van der Waals surface area contributed by atoms with Crippen molar-refractivity contribution in [3.63, 3.8) is 0 Å². The number of carbonyl (C=O) groups excluding carboxylic acids is 1. The number of aryl methyl sites for hydroxylation is 1. The average Bonchev–Trinajstić information content (AvgIpc) is 2.90. The fourth-order valence-corrected chi connectivity index (χ4v) is 4.53. The van der Waals surface area contributed by atoms with Gasteiger partial charge in [-0.3, -0.25) is 19.2 Å². The quantitative estimate of drug-likeness (QED) is 0.448. The Kier molecular flexibility index (Phi) is 6.86. The summed E-state index contributed by atoms with van der Waals surface area (Å²) in [5.41, 5.74) is 3.93. The minimum atomic E-state index is -0.112. The number of nitrogens with zero attached hydrogens (tertiary/aromatic N) is 4. The minimum Gasteiger partial charge on any atom is -0.369 e. The number of piperazine rings is 1. The van der Waals surface area contributed by atoms with E-state index < -0.39 is 0 Å². The maximum atomic E-state index is 12.5. The molecule has 0 spiro atoms. The second-order valence-corrected chi connectivity index (χ2v) is 8.84. The lowest BCUT2D eigenvalue weighted by Gasteiger charge is -2.36. The van der Waals surface area contributed by atoms with E-state index >= 15 is 0 Å². The van der Waals surface area contributed by atoms with E-state index in [1.54, 1.807) is 10.7 Å². The topological polar surface area (TPSA) is 70.5 Å². The van der Waals surface area contributed by atoms with E-state index in [9.17, 15) is 9.59 Å². The third-order valence-corrected chi connectivity index (χ3v) is 6.45. The van der Waals surface area contributed by atoms with E-state index in [4.69, 9.17) is 0 Å². The SMILES string of the molecule is O=C(CCn1ncc(=O)c2ccccc21)Nc1ccc(N2CCN(Cc3ccccc3)CC2)cc1. The molecule has 5 rings (SSSR count). The van der Waals surface area contributed by atoms with Crippen molar-refractivity contribution < 1.29 is 4.79 Å². The lowest BCUT2D eigenvalue weighted by atomic mass is 10.2. The lowest BCUT2D eigenvalue weighted by Crippen LogP contribution is -2.45. The first-order valence-corrected chi connectivity index (χ1v) is 12.0. The van der Waals surface area contributed by atoms with Gasteiger partial charge in [0.25, 0.3) is 0 Å². The van der Waals surface area contributed by atoms with Gasteiger partial charge in [0.05, 0.1) is 18.3 Å². The van der Waals surface area contributed by atoms with E-state index in [1.807, 2.05) is 30.3 Å². The van der Waals surface area contributed by atoms with Gasteiger partial charge in [-0.05, 0) is 42.0 Å². The van der Waals surface area contributed by atoms with E-state index in [-0.39, 0.29) is 17.8 Å². The molecule has 1 aromatic heterocycles. The summed E-state index contributed by atoms with van der Waals surface area (Å²) in [5.74, 6) is -0.0862. The van der Waals surface area contributed by atoms with E-state index in [2.05, 4.69) is 62.7 Å². The number of hydrogen-bond donors (Lipinski definition) is 1. The van der Waals surface area contributed by atoms with E-state index in [0.29, 0.717) is 11.9 Å². The molecule has 1 N–H and O–H groups in total. The van der Waals surface area contributed by atoms with Crippen LogP contribution in [0, 0.1) is 0 Å². The summed E-state index contributed by atoms with van der Waals surface area (Å²) >= 11 is 0. The van der Waals surface area contributed by atoms with Crippen LogP contribution < -0.4 is 15.6 Å². The van der Waals surface area contributed by atoms with Crippen LogP contribution in [0.25, 0.3) is 10.9 Å². The van der Waals surface area contributed by atoms with Crippen LogP contribution in [-0.2, 0) is 17.9 Å². The Hall–Kier alpha value is -3.97. The number of aromatic nitrogens is 2. The molecule has 1 aliphatic heterocycles. The van der Waals surface area contributed by atoms with Gasteiger partial charge in [0.1, 0.15) is 0 Å². The van der Waals surface area contributed by atoms with Gasteiger partial charge in [-0.15, -0.1) is 0 Å². The molecule has 7 nitrogen and oxygen atoms in total. The third kappa shape index (κ3) is 5.58. The van der Waals surface area contributed by atoms with E-state index in [0.717, 1.165) is 43.9 Å². The molecule has 0 saturated carbocycles. The zero-order valence-corrected chi connectivity index (χ0v) is 19.6. The fraction of sp³-hybridized carbons (Fsp3) is 0.250. The summed E-state index contributed by atoms with van der Waals surface area (Å²) in [6.45, 7) is 5.42. The number of nitrogens with one attached hydrogen (secondary N) is 1. The number of anilines is 2. The van der Waals surface area contributed by atoms with Gasteiger partial charge in [0, 0.05) is 55.9 Å². The Morgan fingerprint density at radius 3 is 2.34 bits per heavy atom. The first-order valence-electron chi connectivity index (χ1n) is 12.0. The number of rotatable bonds is 7. The molecule has 7 heteroatoms. The highest BCUT2D eigenvalue weighted by Gasteiger charge is 2.17. The number of para-hydroxylation sites is 1. The highest BCUT2D eigenvalue weighted by Crippen LogP contribution is 2.20. The molecule has 2 heterocycles. The summed E-state index contributed by atoms with van der Waals surface area (Å²) < 4.78 is 1.71. The number of fused-ring (bicyclic) bond motifs is 1. The van der Waals surface area contributed by atoms with Crippen LogP contribution in [0.4, 0.5) is 11.4 Å². The van der Waals surface area contributed by atoms with Gasteiger partial charge in [0.2, 0.25) is 11.3 Å². The highest BCUT2D eigenvalue weighted by molar-refractivity contribution is 5.91. The van der Waals surface area contributed by atoms with Crippen LogP contribution in [0.1, 0.15) is 12.0 Å². The van der Waals surface area contributed by atoms with Crippen molar-refractivity contribution in [2.24, 2.45) is 0 Å². The van der Waals surface area contributed by atoms with Crippen molar-refractivity contribution in [3.8, 4) is 0 Å². The van der Waals surface area contributed by atoms with Gasteiger partial charge in [0.15, 0.2) is 0 Å². The van der Waals surface area contributed by atoms with Crippen LogP contribution >= 0.6 is 0 Å².